The van der Waals surface area contributed by atoms with Gasteiger partial charge in [0.25, 0.3) is 0 Å². The number of aromatic nitrogens is 3. The first kappa shape index (κ1) is 19.4. The molecule has 0 aliphatic heterocycles. The largest absolute Gasteiger partial charge is 0.337 e. The van der Waals surface area contributed by atoms with Crippen LogP contribution >= 0.6 is 23.4 Å². The number of thioether (sulfide) groups is 1. The number of H-pyrrole nitrogens is 1. The highest BCUT2D eigenvalue weighted by molar-refractivity contribution is 7.98. The van der Waals surface area contributed by atoms with Crippen molar-refractivity contribution in [2.75, 3.05) is 0 Å². The zero-order chi connectivity index (χ0) is 19.2. The molecule has 0 saturated heterocycles. The van der Waals surface area contributed by atoms with Gasteiger partial charge in [-0.2, -0.15) is 0 Å². The Bertz CT molecular complexity index is 1030. The van der Waals surface area contributed by atoms with Crippen LogP contribution in [-0.4, -0.2) is 15.0 Å². The van der Waals surface area contributed by atoms with Gasteiger partial charge in [0, 0.05) is 27.9 Å². The Labute approximate surface area is 167 Å². The summed E-state index contributed by atoms with van der Waals surface area (Å²) in [4.78, 5) is 12.5. The molecular formula is C21H19ClFN3S. The fourth-order valence-corrected chi connectivity index (χ4v) is 3.75. The van der Waals surface area contributed by atoms with Crippen molar-refractivity contribution < 1.29 is 4.39 Å². The van der Waals surface area contributed by atoms with Gasteiger partial charge in [-0.25, -0.2) is 9.37 Å². The van der Waals surface area contributed by atoms with E-state index < -0.39 is 0 Å². The van der Waals surface area contributed by atoms with Crippen LogP contribution in [-0.2, 0) is 5.75 Å². The molecule has 0 saturated carbocycles. The van der Waals surface area contributed by atoms with Crippen LogP contribution < -0.4 is 0 Å². The van der Waals surface area contributed by atoms with Gasteiger partial charge >= 0.3 is 0 Å². The van der Waals surface area contributed by atoms with Crippen molar-refractivity contribution in [3.63, 3.8) is 0 Å². The summed E-state index contributed by atoms with van der Waals surface area (Å²) in [5, 5.41) is 0.689. The molecule has 0 amide bonds. The lowest BCUT2D eigenvalue weighted by Crippen LogP contribution is -1.86. The molecule has 4 rings (SSSR count). The predicted octanol–water partition coefficient (Wildman–Crippen LogP) is 6.74. The predicted molar refractivity (Wildman–Crippen MR) is 112 cm³/mol. The lowest BCUT2D eigenvalue weighted by molar-refractivity contribution is 0.604. The normalized spacial score (nSPS) is 10.5. The van der Waals surface area contributed by atoms with Crippen molar-refractivity contribution in [3.05, 3.63) is 77.2 Å². The average Bonchev–Trinajstić information content (AvgIpc) is 3.12. The van der Waals surface area contributed by atoms with Gasteiger partial charge in [0.05, 0.1) is 11.0 Å². The molecular weight excluding hydrogens is 381 g/mol. The van der Waals surface area contributed by atoms with Gasteiger partial charge < -0.3 is 4.98 Å². The minimum absolute atomic E-state index is 0.277. The molecule has 0 aliphatic carbocycles. The summed E-state index contributed by atoms with van der Waals surface area (Å²) in [6.45, 7) is 4.00. The van der Waals surface area contributed by atoms with Gasteiger partial charge in [-0.3, -0.25) is 4.98 Å². The lowest BCUT2D eigenvalue weighted by Gasteiger charge is -2.05. The summed E-state index contributed by atoms with van der Waals surface area (Å²) in [6, 6.07) is 16.4. The maximum atomic E-state index is 14.4. The van der Waals surface area contributed by atoms with Gasteiger partial charge in [-0.15, -0.1) is 11.8 Å². The van der Waals surface area contributed by atoms with Crippen LogP contribution in [0.15, 0.2) is 65.7 Å². The van der Waals surface area contributed by atoms with E-state index in [0.29, 0.717) is 32.5 Å². The third kappa shape index (κ3) is 4.49. The Kier molecular flexibility index (Phi) is 6.48. The third-order valence-electron chi connectivity index (χ3n) is 3.78. The SMILES string of the molecule is CC.Fc1cc2[nH]c(-c3ccccn3)nc2cc1SCc1ccccc1Cl. The van der Waals surface area contributed by atoms with E-state index >= 15 is 0 Å². The third-order valence-corrected chi connectivity index (χ3v) is 5.23. The molecule has 0 unspecified atom stereocenters. The first-order chi connectivity index (χ1) is 13.2. The molecule has 138 valence electrons. The molecule has 0 bridgehead atoms. The first-order valence-electron chi connectivity index (χ1n) is 8.67. The molecule has 6 heteroatoms. The number of fused-ring (bicyclic) bond motifs is 1. The number of hydrogen-bond donors (Lipinski definition) is 1. The van der Waals surface area contributed by atoms with Crippen molar-refractivity contribution in [3.8, 4) is 11.5 Å². The first-order valence-corrected chi connectivity index (χ1v) is 10.0. The van der Waals surface area contributed by atoms with Crippen LogP contribution in [0.1, 0.15) is 19.4 Å². The number of aromatic amines is 1. The smallest absolute Gasteiger partial charge is 0.157 e. The second-order valence-electron chi connectivity index (χ2n) is 5.48. The highest BCUT2D eigenvalue weighted by Gasteiger charge is 2.12. The standard InChI is InChI=1S/C19H13ClFN3S.C2H6/c20-13-6-2-1-5-12(13)11-25-18-10-17-16(9-14(18)21)23-19(24-17)15-7-3-4-8-22-15;1-2/h1-10H,11H2,(H,23,24);1-2H3. The molecule has 27 heavy (non-hydrogen) atoms. The van der Waals surface area contributed by atoms with E-state index in [1.165, 1.54) is 17.8 Å². The minimum atomic E-state index is -0.277. The van der Waals surface area contributed by atoms with Crippen LogP contribution in [0.3, 0.4) is 0 Å². The quantitative estimate of drug-likeness (QED) is 0.386. The highest BCUT2D eigenvalue weighted by atomic mass is 35.5. The molecule has 0 spiro atoms. The molecule has 2 heterocycles. The Morgan fingerprint density at radius 3 is 2.59 bits per heavy atom. The number of imidazole rings is 1. The van der Waals surface area contributed by atoms with Gasteiger partial charge in [0.15, 0.2) is 5.82 Å². The van der Waals surface area contributed by atoms with Gasteiger partial charge in [0.1, 0.15) is 11.5 Å². The fraction of sp³-hybridized carbons (Fsp3) is 0.143. The van der Waals surface area contributed by atoms with Gasteiger partial charge in [-0.05, 0) is 29.8 Å². The average molecular weight is 400 g/mol. The number of rotatable bonds is 4. The van der Waals surface area contributed by atoms with Crippen molar-refractivity contribution >= 4 is 34.4 Å². The van der Waals surface area contributed by atoms with E-state index in [4.69, 9.17) is 11.6 Å². The highest BCUT2D eigenvalue weighted by Crippen LogP contribution is 2.31. The van der Waals surface area contributed by atoms with Crippen LogP contribution in [0.4, 0.5) is 4.39 Å². The second kappa shape index (κ2) is 9.02. The summed E-state index contributed by atoms with van der Waals surface area (Å²) in [5.74, 6) is 0.948. The maximum absolute atomic E-state index is 14.4. The lowest BCUT2D eigenvalue weighted by atomic mass is 10.2. The summed E-state index contributed by atoms with van der Waals surface area (Å²) in [5.41, 5.74) is 3.07. The molecule has 2 aromatic carbocycles. The topological polar surface area (TPSA) is 41.6 Å². The summed E-state index contributed by atoms with van der Waals surface area (Å²) in [6.07, 6.45) is 1.70. The Morgan fingerprint density at radius 1 is 1.07 bits per heavy atom. The van der Waals surface area contributed by atoms with Crippen molar-refractivity contribution in [1.29, 1.82) is 0 Å². The molecule has 0 fully saturated rings. The zero-order valence-electron chi connectivity index (χ0n) is 15.0. The molecule has 0 atom stereocenters. The number of hydrogen-bond acceptors (Lipinski definition) is 3. The summed E-state index contributed by atoms with van der Waals surface area (Å²) >= 11 is 7.57. The van der Waals surface area contributed by atoms with Crippen LogP contribution in [0.5, 0.6) is 0 Å². The van der Waals surface area contributed by atoms with E-state index in [2.05, 4.69) is 15.0 Å². The van der Waals surface area contributed by atoms with Crippen LogP contribution in [0.2, 0.25) is 5.02 Å². The number of benzene rings is 2. The van der Waals surface area contributed by atoms with E-state index in [-0.39, 0.29) is 5.82 Å². The maximum Gasteiger partial charge on any atom is 0.157 e. The number of halogens is 2. The molecule has 0 radical (unpaired) electrons. The number of pyridine rings is 1. The van der Waals surface area contributed by atoms with Crippen molar-refractivity contribution in [2.24, 2.45) is 0 Å². The van der Waals surface area contributed by atoms with E-state index in [1.807, 2.05) is 56.3 Å². The van der Waals surface area contributed by atoms with E-state index in [1.54, 1.807) is 12.3 Å². The van der Waals surface area contributed by atoms with Crippen molar-refractivity contribution in [2.45, 2.75) is 24.5 Å². The Morgan fingerprint density at radius 2 is 1.85 bits per heavy atom. The second-order valence-corrected chi connectivity index (χ2v) is 6.90. The van der Waals surface area contributed by atoms with Gasteiger partial charge in [-0.1, -0.05) is 49.7 Å². The molecule has 4 aromatic rings. The Balaban J connectivity index is 0.00000102. The van der Waals surface area contributed by atoms with Crippen LogP contribution in [0.25, 0.3) is 22.6 Å². The van der Waals surface area contributed by atoms with Gasteiger partial charge in [0.2, 0.25) is 0 Å². The van der Waals surface area contributed by atoms with E-state index in [0.717, 1.165) is 11.3 Å². The van der Waals surface area contributed by atoms with Crippen LogP contribution in [0, 0.1) is 5.82 Å². The van der Waals surface area contributed by atoms with Crippen molar-refractivity contribution in [1.82, 2.24) is 15.0 Å². The number of nitrogens with zero attached hydrogens (tertiary/aromatic N) is 2. The minimum Gasteiger partial charge on any atom is -0.337 e. The zero-order valence-corrected chi connectivity index (χ0v) is 16.6. The summed E-state index contributed by atoms with van der Waals surface area (Å²) in [7, 11) is 0. The Hall–Kier alpha value is -2.37. The number of nitrogens with one attached hydrogen (secondary N) is 1. The fourth-order valence-electron chi connectivity index (χ4n) is 2.52. The molecule has 1 N–H and O–H groups in total. The molecule has 3 nitrogen and oxygen atoms in total. The monoisotopic (exact) mass is 399 g/mol. The summed E-state index contributed by atoms with van der Waals surface area (Å²) < 4.78 is 14.4. The molecule has 2 aromatic heterocycles. The molecule has 0 aliphatic rings. The van der Waals surface area contributed by atoms with E-state index in [9.17, 15) is 4.39 Å².